The first-order valence-electron chi connectivity index (χ1n) is 13.7. The van der Waals surface area contributed by atoms with E-state index in [2.05, 4.69) is 9.88 Å². The molecule has 1 aliphatic carbocycles. The minimum atomic E-state index is -0.505. The molecule has 2 aliphatic rings. The Morgan fingerprint density at radius 3 is 2.64 bits per heavy atom. The van der Waals surface area contributed by atoms with Crippen molar-refractivity contribution in [2.75, 3.05) is 40.0 Å². The van der Waals surface area contributed by atoms with Gasteiger partial charge in [0.1, 0.15) is 28.4 Å². The van der Waals surface area contributed by atoms with Crippen LogP contribution in [-0.2, 0) is 9.47 Å². The number of nitrogens with zero attached hydrogens (tertiary/aromatic N) is 2. The molecule has 0 bridgehead atoms. The summed E-state index contributed by atoms with van der Waals surface area (Å²) in [6.45, 7) is 4.89. The number of aryl methyl sites for hydroxylation is 1. The van der Waals surface area contributed by atoms with Crippen molar-refractivity contribution >= 4 is 27.7 Å². The van der Waals surface area contributed by atoms with Gasteiger partial charge in [0.2, 0.25) is 0 Å². The smallest absolute Gasteiger partial charge is 0.342 e. The number of aromatic hydroxyl groups is 1. The summed E-state index contributed by atoms with van der Waals surface area (Å²) in [7, 11) is 1.36. The Morgan fingerprint density at radius 2 is 1.92 bits per heavy atom. The minimum absolute atomic E-state index is 0.108. The lowest BCUT2D eigenvalue weighted by Gasteiger charge is -2.36. The number of phenols is 1. The molecular formula is C31H34N2O6. The van der Waals surface area contributed by atoms with Crippen LogP contribution in [0.4, 0.5) is 0 Å². The van der Waals surface area contributed by atoms with Crippen molar-refractivity contribution in [2.24, 2.45) is 5.92 Å². The predicted octanol–water partition coefficient (Wildman–Crippen LogP) is 5.77. The maximum atomic E-state index is 13.1. The second kappa shape index (κ2) is 10.9. The maximum absolute atomic E-state index is 13.1. The van der Waals surface area contributed by atoms with E-state index in [-0.39, 0.29) is 11.8 Å². The molecule has 0 amide bonds. The van der Waals surface area contributed by atoms with Crippen LogP contribution in [0.2, 0.25) is 0 Å². The van der Waals surface area contributed by atoms with Crippen LogP contribution in [0.5, 0.6) is 11.5 Å². The van der Waals surface area contributed by atoms with E-state index >= 15 is 0 Å². The third-order valence-corrected chi connectivity index (χ3v) is 7.92. The average molecular weight is 531 g/mol. The Kier molecular flexibility index (Phi) is 7.14. The number of furan rings is 1. The van der Waals surface area contributed by atoms with Crippen LogP contribution in [0, 0.1) is 12.8 Å². The first-order chi connectivity index (χ1) is 19.1. The van der Waals surface area contributed by atoms with Crippen LogP contribution < -0.4 is 4.74 Å². The lowest BCUT2D eigenvalue weighted by Crippen LogP contribution is -2.39. The second-order valence-electron chi connectivity index (χ2n) is 10.5. The fourth-order valence-electron chi connectivity index (χ4n) is 5.79. The van der Waals surface area contributed by atoms with Gasteiger partial charge in [-0.1, -0.05) is 12.8 Å². The van der Waals surface area contributed by atoms with E-state index in [9.17, 15) is 9.90 Å². The molecule has 2 aromatic heterocycles. The van der Waals surface area contributed by atoms with Gasteiger partial charge in [-0.15, -0.1) is 0 Å². The van der Waals surface area contributed by atoms with Gasteiger partial charge in [-0.25, -0.2) is 4.79 Å². The normalized spacial score (nSPS) is 17.0. The maximum Gasteiger partial charge on any atom is 0.342 e. The average Bonchev–Trinajstić information content (AvgIpc) is 3.74. The first kappa shape index (κ1) is 25.6. The number of carbonyl (C=O) groups is 1. The fraction of sp³-hybridized carbons (Fsp3) is 0.419. The van der Waals surface area contributed by atoms with Crippen LogP contribution in [0.25, 0.3) is 21.7 Å². The van der Waals surface area contributed by atoms with Crippen LogP contribution in [0.15, 0.2) is 47.1 Å². The Labute approximate surface area is 227 Å². The zero-order chi connectivity index (χ0) is 26.9. The molecule has 204 valence electrons. The molecule has 1 N–H and O–H groups in total. The highest BCUT2D eigenvalue weighted by atomic mass is 16.5. The number of hydrogen-bond donors (Lipinski definition) is 1. The SMILES string of the molecule is COC(=O)c1c(C)oc2c1c(C(c1ccncc1)N1CCOCC1)c(O)c1ccc(OCCCC3CC3)cc12. The molecule has 2 aromatic carbocycles. The standard InChI is InChI=1S/C31H34N2O6/c1-19-25(31(35)36-2)26-27(28(21-9-11-32-12-10-21)33-13-16-37-17-14-33)29(34)23-8-7-22(18-24(23)30(26)39-19)38-15-3-4-20-5-6-20/h7-12,18,20,28,34H,3-6,13-17H2,1-2H3. The summed E-state index contributed by atoms with van der Waals surface area (Å²) in [5, 5.41) is 13.9. The molecule has 3 heterocycles. The van der Waals surface area contributed by atoms with Crippen molar-refractivity contribution in [1.29, 1.82) is 0 Å². The number of methoxy groups -OCH3 is 1. The van der Waals surface area contributed by atoms with Crippen LogP contribution >= 0.6 is 0 Å². The van der Waals surface area contributed by atoms with Gasteiger partial charge in [-0.05, 0) is 61.6 Å². The lowest BCUT2D eigenvalue weighted by molar-refractivity contribution is 0.0238. The number of hydrogen-bond acceptors (Lipinski definition) is 8. The van der Waals surface area contributed by atoms with Gasteiger partial charge in [0, 0.05) is 47.2 Å². The summed E-state index contributed by atoms with van der Waals surface area (Å²) in [5.74, 6) is 1.62. The number of morpholine rings is 1. The molecule has 1 saturated carbocycles. The Hall–Kier alpha value is -3.62. The van der Waals surface area contributed by atoms with Gasteiger partial charge < -0.3 is 23.7 Å². The molecule has 0 spiro atoms. The van der Waals surface area contributed by atoms with Crippen LogP contribution in [0.1, 0.15) is 59.0 Å². The molecule has 1 unspecified atom stereocenters. The number of phenolic OH excluding ortho intramolecular Hbond substituents is 1. The molecule has 39 heavy (non-hydrogen) atoms. The van der Waals surface area contributed by atoms with E-state index in [4.69, 9.17) is 18.6 Å². The minimum Gasteiger partial charge on any atom is -0.507 e. The molecule has 8 nitrogen and oxygen atoms in total. The van der Waals surface area contributed by atoms with Crippen molar-refractivity contribution in [2.45, 2.75) is 38.6 Å². The number of aromatic nitrogens is 1. The summed E-state index contributed by atoms with van der Waals surface area (Å²) in [6.07, 6.45) is 8.36. The highest BCUT2D eigenvalue weighted by Crippen LogP contribution is 2.48. The zero-order valence-corrected chi connectivity index (χ0v) is 22.4. The summed E-state index contributed by atoms with van der Waals surface area (Å²) >= 11 is 0. The lowest BCUT2D eigenvalue weighted by atomic mass is 9.89. The van der Waals surface area contributed by atoms with Crippen LogP contribution in [-0.4, -0.2) is 61.0 Å². The molecule has 6 rings (SSSR count). The van der Waals surface area contributed by atoms with Crippen molar-refractivity contribution in [1.82, 2.24) is 9.88 Å². The monoisotopic (exact) mass is 530 g/mol. The van der Waals surface area contributed by atoms with Gasteiger partial charge >= 0.3 is 5.97 Å². The van der Waals surface area contributed by atoms with Crippen molar-refractivity contribution < 1.29 is 28.5 Å². The first-order valence-corrected chi connectivity index (χ1v) is 13.7. The fourth-order valence-corrected chi connectivity index (χ4v) is 5.79. The number of pyridine rings is 1. The number of esters is 1. The summed E-state index contributed by atoms with van der Waals surface area (Å²) in [6, 6.07) is 9.20. The molecule has 0 radical (unpaired) electrons. The summed E-state index contributed by atoms with van der Waals surface area (Å²) in [4.78, 5) is 19.6. The summed E-state index contributed by atoms with van der Waals surface area (Å²) < 4.78 is 23.2. The second-order valence-corrected chi connectivity index (χ2v) is 10.5. The van der Waals surface area contributed by atoms with Crippen molar-refractivity contribution in [3.05, 3.63) is 65.2 Å². The summed E-state index contributed by atoms with van der Waals surface area (Å²) in [5.41, 5.74) is 2.42. The molecular weight excluding hydrogens is 496 g/mol. The van der Waals surface area contributed by atoms with Gasteiger partial charge in [0.15, 0.2) is 0 Å². The van der Waals surface area contributed by atoms with Gasteiger partial charge in [-0.3, -0.25) is 9.88 Å². The molecule has 2 fully saturated rings. The highest BCUT2D eigenvalue weighted by Gasteiger charge is 2.34. The third-order valence-electron chi connectivity index (χ3n) is 7.92. The zero-order valence-electron chi connectivity index (χ0n) is 22.4. The van der Waals surface area contributed by atoms with Gasteiger partial charge in [-0.2, -0.15) is 0 Å². The van der Waals surface area contributed by atoms with Gasteiger partial charge in [0.05, 0.1) is 33.0 Å². The topological polar surface area (TPSA) is 94.3 Å². The van der Waals surface area contributed by atoms with E-state index in [0.717, 1.165) is 17.9 Å². The third kappa shape index (κ3) is 4.94. The Morgan fingerprint density at radius 1 is 1.15 bits per heavy atom. The van der Waals surface area contributed by atoms with E-state index < -0.39 is 5.97 Å². The molecule has 1 saturated heterocycles. The number of rotatable bonds is 9. The number of ether oxygens (including phenoxy) is 3. The van der Waals surface area contributed by atoms with E-state index in [1.54, 1.807) is 19.3 Å². The molecule has 1 aliphatic heterocycles. The van der Waals surface area contributed by atoms with Crippen molar-refractivity contribution in [3.63, 3.8) is 0 Å². The van der Waals surface area contributed by atoms with Crippen molar-refractivity contribution in [3.8, 4) is 11.5 Å². The Balaban J connectivity index is 1.55. The number of carbonyl (C=O) groups excluding carboxylic acids is 1. The molecule has 4 aromatic rings. The molecule has 1 atom stereocenters. The molecule has 8 heteroatoms. The van der Waals surface area contributed by atoms with E-state index in [1.807, 2.05) is 30.3 Å². The highest BCUT2D eigenvalue weighted by molar-refractivity contribution is 6.17. The van der Waals surface area contributed by atoms with E-state index in [1.165, 1.54) is 26.4 Å². The number of fused-ring (bicyclic) bond motifs is 3. The van der Waals surface area contributed by atoms with Gasteiger partial charge in [0.25, 0.3) is 0 Å². The van der Waals surface area contributed by atoms with E-state index in [0.29, 0.717) is 77.3 Å². The number of benzene rings is 2. The Bertz CT molecular complexity index is 1490. The van der Waals surface area contributed by atoms with Crippen LogP contribution in [0.3, 0.4) is 0 Å². The quantitative estimate of drug-likeness (QED) is 0.215. The largest absolute Gasteiger partial charge is 0.507 e. The predicted molar refractivity (Wildman–Crippen MR) is 147 cm³/mol.